The van der Waals surface area contributed by atoms with Crippen LogP contribution in [0.1, 0.15) is 15.9 Å². The second-order valence-electron chi connectivity index (χ2n) is 6.72. The summed E-state index contributed by atoms with van der Waals surface area (Å²) in [5.74, 6) is -0.126. The van der Waals surface area contributed by atoms with E-state index in [1.807, 2.05) is 73.9 Å². The minimum atomic E-state index is -0.126. The van der Waals surface area contributed by atoms with Gasteiger partial charge in [0.25, 0.3) is 5.91 Å². The van der Waals surface area contributed by atoms with Gasteiger partial charge in [0.2, 0.25) is 0 Å². The van der Waals surface area contributed by atoms with Crippen molar-refractivity contribution in [2.45, 2.75) is 6.54 Å². The van der Waals surface area contributed by atoms with Crippen molar-refractivity contribution in [3.05, 3.63) is 95.4 Å². The van der Waals surface area contributed by atoms with E-state index in [0.29, 0.717) is 17.1 Å². The number of pyridine rings is 1. The number of hydrogen-bond donors (Lipinski definition) is 1. The van der Waals surface area contributed by atoms with Crippen molar-refractivity contribution in [2.75, 3.05) is 0 Å². The van der Waals surface area contributed by atoms with E-state index in [0.717, 1.165) is 27.9 Å². The molecule has 0 aliphatic rings. The molecule has 4 aromatic rings. The topological polar surface area (TPSA) is 59.8 Å². The fourth-order valence-corrected chi connectivity index (χ4v) is 3.21. The van der Waals surface area contributed by atoms with Crippen LogP contribution in [0.15, 0.2) is 79.3 Å². The summed E-state index contributed by atoms with van der Waals surface area (Å²) < 4.78 is 1.74. The Labute approximate surface area is 174 Å². The van der Waals surface area contributed by atoms with Gasteiger partial charge in [0.1, 0.15) is 0 Å². The zero-order valence-electron chi connectivity index (χ0n) is 15.8. The summed E-state index contributed by atoms with van der Waals surface area (Å²) >= 11 is 6.05. The van der Waals surface area contributed by atoms with Crippen LogP contribution in [0.5, 0.6) is 0 Å². The maximum Gasteiger partial charge on any atom is 0.251 e. The van der Waals surface area contributed by atoms with Crippen LogP contribution >= 0.6 is 11.6 Å². The molecule has 4 rings (SSSR count). The van der Waals surface area contributed by atoms with Crippen LogP contribution in [0.3, 0.4) is 0 Å². The highest BCUT2D eigenvalue weighted by atomic mass is 35.5. The first-order valence-corrected chi connectivity index (χ1v) is 9.54. The monoisotopic (exact) mass is 402 g/mol. The van der Waals surface area contributed by atoms with Crippen molar-refractivity contribution in [1.29, 1.82) is 0 Å². The van der Waals surface area contributed by atoms with Crippen LogP contribution in [0.25, 0.3) is 22.4 Å². The van der Waals surface area contributed by atoms with E-state index >= 15 is 0 Å². The zero-order valence-corrected chi connectivity index (χ0v) is 16.6. The van der Waals surface area contributed by atoms with Gasteiger partial charge < -0.3 is 5.32 Å². The molecule has 1 amide bonds. The van der Waals surface area contributed by atoms with Crippen LogP contribution in [0.4, 0.5) is 0 Å². The lowest BCUT2D eigenvalue weighted by molar-refractivity contribution is 0.0951. The number of halogens is 1. The van der Waals surface area contributed by atoms with Crippen molar-refractivity contribution < 1.29 is 4.79 Å². The normalized spacial score (nSPS) is 10.7. The first-order valence-electron chi connectivity index (χ1n) is 9.17. The Morgan fingerprint density at radius 3 is 2.48 bits per heavy atom. The Morgan fingerprint density at radius 1 is 1.00 bits per heavy atom. The van der Waals surface area contributed by atoms with Crippen molar-refractivity contribution in [3.8, 4) is 22.4 Å². The fourth-order valence-electron chi connectivity index (χ4n) is 3.02. The molecule has 6 heteroatoms. The first-order chi connectivity index (χ1) is 14.1. The number of nitrogens with zero attached hydrogens (tertiary/aromatic N) is 3. The van der Waals surface area contributed by atoms with E-state index in [9.17, 15) is 4.79 Å². The molecule has 0 aliphatic carbocycles. The highest BCUT2D eigenvalue weighted by molar-refractivity contribution is 6.30. The second-order valence-corrected chi connectivity index (χ2v) is 7.16. The predicted octanol–water partition coefficient (Wildman–Crippen LogP) is 4.73. The summed E-state index contributed by atoms with van der Waals surface area (Å²) in [5.41, 5.74) is 5.38. The molecule has 0 bridgehead atoms. The Morgan fingerprint density at radius 2 is 1.83 bits per heavy atom. The predicted molar refractivity (Wildman–Crippen MR) is 114 cm³/mol. The third kappa shape index (κ3) is 4.52. The molecule has 0 aliphatic heterocycles. The third-order valence-electron chi connectivity index (χ3n) is 4.58. The number of benzene rings is 2. The van der Waals surface area contributed by atoms with Gasteiger partial charge in [0.15, 0.2) is 0 Å². The molecule has 0 saturated carbocycles. The van der Waals surface area contributed by atoms with Crippen molar-refractivity contribution in [3.63, 3.8) is 0 Å². The molecule has 0 saturated heterocycles. The molecule has 0 unspecified atom stereocenters. The number of hydrogen-bond acceptors (Lipinski definition) is 3. The standard InChI is InChI=1S/C23H19ClN4O/c1-28-15-20(14-27-28)22-10-5-16(12-25-22)13-26-23(29)18-8-6-17(7-9-18)19-3-2-4-21(24)11-19/h2-12,14-15H,13H2,1H3,(H,26,29). The van der Waals surface area contributed by atoms with E-state index in [1.165, 1.54) is 0 Å². The van der Waals surface area contributed by atoms with Gasteiger partial charge in [0, 0.05) is 42.1 Å². The smallest absolute Gasteiger partial charge is 0.251 e. The molecule has 1 N–H and O–H groups in total. The number of amides is 1. The van der Waals surface area contributed by atoms with Gasteiger partial charge in [-0.1, -0.05) is 41.9 Å². The third-order valence-corrected chi connectivity index (χ3v) is 4.82. The number of rotatable bonds is 5. The number of aromatic nitrogens is 3. The summed E-state index contributed by atoms with van der Waals surface area (Å²) in [6, 6.07) is 19.0. The summed E-state index contributed by atoms with van der Waals surface area (Å²) in [4.78, 5) is 16.9. The van der Waals surface area contributed by atoms with Crippen LogP contribution in [-0.2, 0) is 13.6 Å². The van der Waals surface area contributed by atoms with Gasteiger partial charge in [-0.25, -0.2) is 0 Å². The van der Waals surface area contributed by atoms with Crippen molar-refractivity contribution >= 4 is 17.5 Å². The summed E-state index contributed by atoms with van der Waals surface area (Å²) in [5, 5.41) is 7.77. The minimum Gasteiger partial charge on any atom is -0.348 e. The van der Waals surface area contributed by atoms with Gasteiger partial charge >= 0.3 is 0 Å². The quantitative estimate of drug-likeness (QED) is 0.524. The molecule has 0 spiro atoms. The fraction of sp³-hybridized carbons (Fsp3) is 0.0870. The Balaban J connectivity index is 1.38. The van der Waals surface area contributed by atoms with Gasteiger partial charge in [-0.3, -0.25) is 14.5 Å². The second kappa shape index (κ2) is 8.29. The van der Waals surface area contributed by atoms with Crippen molar-refractivity contribution in [1.82, 2.24) is 20.1 Å². The van der Waals surface area contributed by atoms with Crippen LogP contribution in [-0.4, -0.2) is 20.7 Å². The number of carbonyl (C=O) groups excluding carboxylic acids is 1. The lowest BCUT2D eigenvalue weighted by Gasteiger charge is -2.07. The molecule has 0 fully saturated rings. The van der Waals surface area contributed by atoms with E-state index in [2.05, 4.69) is 15.4 Å². The molecular formula is C23H19ClN4O. The van der Waals surface area contributed by atoms with Gasteiger partial charge in [-0.2, -0.15) is 5.10 Å². The Kier molecular flexibility index (Phi) is 5.40. The summed E-state index contributed by atoms with van der Waals surface area (Å²) in [6.45, 7) is 0.412. The number of carbonyl (C=O) groups is 1. The molecular weight excluding hydrogens is 384 g/mol. The average molecular weight is 403 g/mol. The van der Waals surface area contributed by atoms with E-state index in [1.54, 1.807) is 17.1 Å². The lowest BCUT2D eigenvalue weighted by atomic mass is 10.0. The molecule has 2 heterocycles. The lowest BCUT2D eigenvalue weighted by Crippen LogP contribution is -2.22. The SMILES string of the molecule is Cn1cc(-c2ccc(CNC(=O)c3ccc(-c4cccc(Cl)c4)cc3)cn2)cn1. The molecule has 5 nitrogen and oxygen atoms in total. The summed E-state index contributed by atoms with van der Waals surface area (Å²) in [7, 11) is 1.87. The van der Waals surface area contributed by atoms with Gasteiger partial charge in [-0.05, 0) is 47.0 Å². The van der Waals surface area contributed by atoms with Crippen LogP contribution in [0.2, 0.25) is 5.02 Å². The highest BCUT2D eigenvalue weighted by Crippen LogP contribution is 2.23. The highest BCUT2D eigenvalue weighted by Gasteiger charge is 2.07. The van der Waals surface area contributed by atoms with Crippen LogP contribution in [0, 0.1) is 0 Å². The molecule has 144 valence electrons. The maximum atomic E-state index is 12.4. The largest absolute Gasteiger partial charge is 0.348 e. The van der Waals surface area contributed by atoms with E-state index < -0.39 is 0 Å². The van der Waals surface area contributed by atoms with Crippen LogP contribution < -0.4 is 5.32 Å². The van der Waals surface area contributed by atoms with Gasteiger partial charge in [-0.15, -0.1) is 0 Å². The Hall–Kier alpha value is -3.44. The molecule has 29 heavy (non-hydrogen) atoms. The first kappa shape index (κ1) is 18.9. The van der Waals surface area contributed by atoms with E-state index in [-0.39, 0.29) is 5.91 Å². The molecule has 2 aromatic carbocycles. The molecule has 2 aromatic heterocycles. The average Bonchev–Trinajstić information content (AvgIpc) is 3.19. The van der Waals surface area contributed by atoms with Gasteiger partial charge in [0.05, 0.1) is 11.9 Å². The molecule has 0 radical (unpaired) electrons. The minimum absolute atomic E-state index is 0.126. The maximum absolute atomic E-state index is 12.4. The summed E-state index contributed by atoms with van der Waals surface area (Å²) in [6.07, 6.45) is 5.46. The Bertz CT molecular complexity index is 1130. The molecule has 0 atom stereocenters. The number of nitrogens with one attached hydrogen (secondary N) is 1. The van der Waals surface area contributed by atoms with E-state index in [4.69, 9.17) is 11.6 Å². The van der Waals surface area contributed by atoms with Crippen molar-refractivity contribution in [2.24, 2.45) is 7.05 Å². The number of aryl methyl sites for hydroxylation is 1. The zero-order chi connectivity index (χ0) is 20.2.